The fraction of sp³-hybridized carbons (Fsp3) is 0.333. The van der Waals surface area contributed by atoms with Crippen molar-refractivity contribution in [3.63, 3.8) is 0 Å². The summed E-state index contributed by atoms with van der Waals surface area (Å²) < 4.78 is 0. The molecule has 1 rings (SSSR count). The summed E-state index contributed by atoms with van der Waals surface area (Å²) in [5, 5.41) is 0. The predicted molar refractivity (Wildman–Crippen MR) is 52.4 cm³/mol. The van der Waals surface area contributed by atoms with Gasteiger partial charge in [0.2, 0.25) is 5.95 Å². The van der Waals surface area contributed by atoms with E-state index in [9.17, 15) is 0 Å². The van der Waals surface area contributed by atoms with Crippen molar-refractivity contribution in [1.29, 1.82) is 0 Å². The van der Waals surface area contributed by atoms with Crippen LogP contribution in [0.5, 0.6) is 0 Å². The van der Waals surface area contributed by atoms with Crippen LogP contribution in [-0.2, 0) is 0 Å². The molecular weight excluding hydrogens is 178 g/mol. The van der Waals surface area contributed by atoms with Crippen LogP contribution in [0.15, 0.2) is 6.20 Å². The van der Waals surface area contributed by atoms with E-state index in [1.54, 1.807) is 6.20 Å². The minimum absolute atomic E-state index is 0. The van der Waals surface area contributed by atoms with E-state index in [1.165, 1.54) is 0 Å². The molecule has 0 saturated carbocycles. The topological polar surface area (TPSA) is 81.1 Å². The molecule has 1 aromatic rings. The molecule has 0 spiro atoms. The second-order valence-electron chi connectivity index (χ2n) is 2.39. The van der Waals surface area contributed by atoms with Crippen LogP contribution in [0.2, 0.25) is 0 Å². The molecule has 0 saturated heterocycles. The van der Waals surface area contributed by atoms with Crippen LogP contribution < -0.4 is 16.4 Å². The molecule has 5 nitrogen and oxygen atoms in total. The number of aromatic nitrogens is 2. The molecule has 0 aliphatic rings. The molecule has 0 amide bonds. The van der Waals surface area contributed by atoms with Crippen molar-refractivity contribution in [2.75, 3.05) is 30.5 Å². The van der Waals surface area contributed by atoms with Crippen LogP contribution in [0.3, 0.4) is 0 Å². The number of rotatable bonds is 1. The Morgan fingerprint density at radius 1 is 1.33 bits per heavy atom. The molecule has 4 N–H and O–H groups in total. The van der Waals surface area contributed by atoms with Crippen LogP contribution in [0.25, 0.3) is 0 Å². The lowest BCUT2D eigenvalue weighted by Gasteiger charge is -2.12. The highest BCUT2D eigenvalue weighted by molar-refractivity contribution is 5.85. The van der Waals surface area contributed by atoms with E-state index < -0.39 is 0 Å². The molecule has 0 fully saturated rings. The summed E-state index contributed by atoms with van der Waals surface area (Å²) in [6.45, 7) is 0. The molecule has 0 aromatic carbocycles. The van der Waals surface area contributed by atoms with E-state index >= 15 is 0 Å². The van der Waals surface area contributed by atoms with E-state index in [-0.39, 0.29) is 18.4 Å². The minimum atomic E-state index is 0. The molecule has 68 valence electrons. The van der Waals surface area contributed by atoms with Crippen molar-refractivity contribution in [1.82, 2.24) is 9.97 Å². The summed E-state index contributed by atoms with van der Waals surface area (Å²) in [7, 11) is 3.73. The zero-order valence-corrected chi connectivity index (χ0v) is 7.80. The third-order valence-corrected chi connectivity index (χ3v) is 1.30. The van der Waals surface area contributed by atoms with Crippen molar-refractivity contribution < 1.29 is 0 Å². The first-order valence-corrected chi connectivity index (χ1v) is 3.16. The highest BCUT2D eigenvalue weighted by atomic mass is 35.5. The summed E-state index contributed by atoms with van der Waals surface area (Å²) in [4.78, 5) is 9.43. The third kappa shape index (κ3) is 2.13. The second-order valence-corrected chi connectivity index (χ2v) is 2.39. The lowest BCUT2D eigenvalue weighted by molar-refractivity contribution is 1.08. The standard InChI is InChI=1S/C6H11N5.ClH/c1-11(2)4-3-9-6(8)10-5(4)7;/h3H,1-2H3,(H4,7,8,9,10);1H. The van der Waals surface area contributed by atoms with Gasteiger partial charge in [0.1, 0.15) is 0 Å². The van der Waals surface area contributed by atoms with Gasteiger partial charge in [-0.1, -0.05) is 0 Å². The highest BCUT2D eigenvalue weighted by Gasteiger charge is 2.02. The lowest BCUT2D eigenvalue weighted by atomic mass is 10.4. The average molecular weight is 190 g/mol. The molecule has 0 radical (unpaired) electrons. The Balaban J connectivity index is 0.00000121. The van der Waals surface area contributed by atoms with Gasteiger partial charge in [-0.3, -0.25) is 0 Å². The maximum atomic E-state index is 5.55. The van der Waals surface area contributed by atoms with E-state index in [4.69, 9.17) is 11.5 Å². The Hall–Kier alpha value is -1.23. The van der Waals surface area contributed by atoms with Crippen LogP contribution >= 0.6 is 12.4 Å². The van der Waals surface area contributed by atoms with Crippen molar-refractivity contribution in [2.24, 2.45) is 0 Å². The SMILES string of the molecule is CN(C)c1cnc(N)nc1N.Cl. The van der Waals surface area contributed by atoms with Crippen LogP contribution in [0.4, 0.5) is 17.5 Å². The normalized spacial score (nSPS) is 8.83. The zero-order valence-electron chi connectivity index (χ0n) is 6.98. The van der Waals surface area contributed by atoms with Gasteiger partial charge >= 0.3 is 0 Å². The van der Waals surface area contributed by atoms with Gasteiger partial charge in [0.05, 0.1) is 11.9 Å². The number of nitrogens with two attached hydrogens (primary N) is 2. The summed E-state index contributed by atoms with van der Waals surface area (Å²) in [6.07, 6.45) is 1.59. The van der Waals surface area contributed by atoms with Crippen LogP contribution in [0.1, 0.15) is 0 Å². The van der Waals surface area contributed by atoms with Crippen molar-refractivity contribution in [3.05, 3.63) is 6.20 Å². The zero-order chi connectivity index (χ0) is 8.43. The van der Waals surface area contributed by atoms with Gasteiger partial charge < -0.3 is 16.4 Å². The maximum absolute atomic E-state index is 5.55. The van der Waals surface area contributed by atoms with E-state index in [1.807, 2.05) is 19.0 Å². The molecule has 0 bridgehead atoms. The highest BCUT2D eigenvalue weighted by Crippen LogP contribution is 2.16. The summed E-state index contributed by atoms with van der Waals surface area (Å²) >= 11 is 0. The van der Waals surface area contributed by atoms with Gasteiger partial charge in [0.15, 0.2) is 5.82 Å². The number of nitrogens with zero attached hydrogens (tertiary/aromatic N) is 3. The first kappa shape index (κ1) is 10.8. The molecule has 12 heavy (non-hydrogen) atoms. The molecule has 6 heteroatoms. The summed E-state index contributed by atoms with van der Waals surface area (Å²) in [6, 6.07) is 0. The quantitative estimate of drug-likeness (QED) is 0.657. The van der Waals surface area contributed by atoms with Gasteiger partial charge in [-0.15, -0.1) is 12.4 Å². The molecule has 0 unspecified atom stereocenters. The number of nitrogen functional groups attached to an aromatic ring is 2. The van der Waals surface area contributed by atoms with Gasteiger partial charge in [-0.25, -0.2) is 4.98 Å². The van der Waals surface area contributed by atoms with E-state index in [0.29, 0.717) is 5.82 Å². The first-order chi connectivity index (χ1) is 5.11. The van der Waals surface area contributed by atoms with E-state index in [0.717, 1.165) is 5.69 Å². The number of hydrogen-bond acceptors (Lipinski definition) is 5. The largest absolute Gasteiger partial charge is 0.382 e. The Labute approximate surface area is 77.2 Å². The Morgan fingerprint density at radius 2 is 1.92 bits per heavy atom. The van der Waals surface area contributed by atoms with Gasteiger partial charge in [0.25, 0.3) is 0 Å². The second kappa shape index (κ2) is 3.96. The number of hydrogen-bond donors (Lipinski definition) is 2. The fourth-order valence-electron chi connectivity index (χ4n) is 0.748. The van der Waals surface area contributed by atoms with Gasteiger partial charge in [-0.05, 0) is 0 Å². The Morgan fingerprint density at radius 3 is 2.33 bits per heavy atom. The molecule has 0 atom stereocenters. The average Bonchev–Trinajstić information content (AvgIpc) is 1.85. The fourth-order valence-corrected chi connectivity index (χ4v) is 0.748. The summed E-state index contributed by atoms with van der Waals surface area (Å²) in [5.74, 6) is 0.607. The molecular formula is C6H12ClN5. The Bertz CT molecular complexity index is 262. The monoisotopic (exact) mass is 189 g/mol. The van der Waals surface area contributed by atoms with Crippen molar-refractivity contribution in [3.8, 4) is 0 Å². The lowest BCUT2D eigenvalue weighted by Crippen LogP contribution is -2.13. The van der Waals surface area contributed by atoms with Gasteiger partial charge in [-0.2, -0.15) is 4.98 Å². The molecule has 1 heterocycles. The van der Waals surface area contributed by atoms with Crippen molar-refractivity contribution >= 4 is 29.9 Å². The van der Waals surface area contributed by atoms with Crippen LogP contribution in [-0.4, -0.2) is 24.1 Å². The number of halogens is 1. The Kier molecular flexibility index (Phi) is 3.56. The minimum Gasteiger partial charge on any atom is -0.382 e. The van der Waals surface area contributed by atoms with Crippen molar-refractivity contribution in [2.45, 2.75) is 0 Å². The van der Waals surface area contributed by atoms with Crippen LogP contribution in [0, 0.1) is 0 Å². The maximum Gasteiger partial charge on any atom is 0.222 e. The predicted octanol–water partition coefficient (Wildman–Crippen LogP) is 0.129. The molecule has 0 aliphatic carbocycles. The first-order valence-electron chi connectivity index (χ1n) is 3.16. The smallest absolute Gasteiger partial charge is 0.222 e. The molecule has 1 aromatic heterocycles. The van der Waals surface area contributed by atoms with Gasteiger partial charge in [0, 0.05) is 14.1 Å². The van der Waals surface area contributed by atoms with E-state index in [2.05, 4.69) is 9.97 Å². The molecule has 0 aliphatic heterocycles. The summed E-state index contributed by atoms with van der Waals surface area (Å²) in [5.41, 5.74) is 11.6. The third-order valence-electron chi connectivity index (χ3n) is 1.30. The number of anilines is 3.